The fourth-order valence-corrected chi connectivity index (χ4v) is 1.71. The molecular formula is C9H14N4O3. The minimum absolute atomic E-state index is 0.469. The Kier molecular flexibility index (Phi) is 2.93. The van der Waals surface area contributed by atoms with Gasteiger partial charge in [0.1, 0.15) is 0 Å². The van der Waals surface area contributed by atoms with Gasteiger partial charge < -0.3 is 19.3 Å². The fraction of sp³-hybridized carbons (Fsp3) is 0.667. The van der Waals surface area contributed by atoms with Crippen LogP contribution in [0.2, 0.25) is 0 Å². The number of amides is 1. The van der Waals surface area contributed by atoms with Gasteiger partial charge in [0.2, 0.25) is 5.89 Å². The smallest absolute Gasteiger partial charge is 0.407 e. The van der Waals surface area contributed by atoms with Gasteiger partial charge >= 0.3 is 12.1 Å². The Hall–Kier alpha value is -1.79. The van der Waals surface area contributed by atoms with Gasteiger partial charge in [-0.2, -0.15) is 0 Å². The number of aryl methyl sites for hydroxylation is 1. The Morgan fingerprint density at radius 2 is 2.12 bits per heavy atom. The number of carbonyl (C=O) groups is 1. The van der Waals surface area contributed by atoms with Crippen LogP contribution in [0, 0.1) is 6.92 Å². The summed E-state index contributed by atoms with van der Waals surface area (Å²) in [6.07, 6.45) is -0.100. The van der Waals surface area contributed by atoms with Crippen molar-refractivity contribution in [1.29, 1.82) is 0 Å². The minimum Gasteiger partial charge on any atom is -0.465 e. The Morgan fingerprint density at radius 3 is 2.75 bits per heavy atom. The van der Waals surface area contributed by atoms with E-state index in [0.29, 0.717) is 31.5 Å². The van der Waals surface area contributed by atoms with Crippen LogP contribution >= 0.6 is 0 Å². The van der Waals surface area contributed by atoms with Gasteiger partial charge in [0.25, 0.3) is 0 Å². The molecule has 0 aromatic carbocycles. The summed E-state index contributed by atoms with van der Waals surface area (Å²) in [5.74, 6) is 0.523. The lowest BCUT2D eigenvalue weighted by atomic mass is 10.4. The molecule has 0 bridgehead atoms. The first-order chi connectivity index (χ1) is 7.66. The van der Waals surface area contributed by atoms with Gasteiger partial charge in [-0.05, 0) is 6.42 Å². The second kappa shape index (κ2) is 4.38. The standard InChI is InChI=1S/C9H14N4O3/c1-7-10-11-8(16-7)12-3-2-4-13(6-5-12)9(14)15/h2-6H2,1H3,(H,14,15). The van der Waals surface area contributed by atoms with Crippen LogP contribution in [0.4, 0.5) is 10.8 Å². The molecule has 1 saturated heterocycles. The average Bonchev–Trinajstić information content (AvgIpc) is 2.54. The van der Waals surface area contributed by atoms with E-state index in [4.69, 9.17) is 9.52 Å². The monoisotopic (exact) mass is 226 g/mol. The van der Waals surface area contributed by atoms with Crippen LogP contribution in [0.5, 0.6) is 0 Å². The van der Waals surface area contributed by atoms with Gasteiger partial charge in [0.15, 0.2) is 0 Å². The second-order valence-corrected chi connectivity index (χ2v) is 3.71. The highest BCUT2D eigenvalue weighted by atomic mass is 16.4. The predicted octanol–water partition coefficient (Wildman–Crippen LogP) is 0.568. The molecule has 2 heterocycles. The molecule has 7 nitrogen and oxygen atoms in total. The Labute approximate surface area is 92.7 Å². The quantitative estimate of drug-likeness (QED) is 0.753. The molecule has 0 spiro atoms. The summed E-state index contributed by atoms with van der Waals surface area (Å²) in [5.41, 5.74) is 0. The lowest BCUT2D eigenvalue weighted by molar-refractivity contribution is 0.148. The molecule has 1 fully saturated rings. The molecule has 1 aromatic heterocycles. The Bertz CT molecular complexity index is 379. The van der Waals surface area contributed by atoms with E-state index in [1.165, 1.54) is 4.90 Å². The van der Waals surface area contributed by atoms with Crippen molar-refractivity contribution in [3.05, 3.63) is 5.89 Å². The third-order valence-corrected chi connectivity index (χ3v) is 2.55. The number of aromatic nitrogens is 2. The van der Waals surface area contributed by atoms with Crippen LogP contribution in [-0.2, 0) is 0 Å². The lowest BCUT2D eigenvalue weighted by Crippen LogP contribution is -2.34. The Morgan fingerprint density at radius 1 is 1.31 bits per heavy atom. The first-order valence-electron chi connectivity index (χ1n) is 5.20. The van der Waals surface area contributed by atoms with E-state index in [9.17, 15) is 4.79 Å². The van der Waals surface area contributed by atoms with Crippen LogP contribution < -0.4 is 4.90 Å². The largest absolute Gasteiger partial charge is 0.465 e. The van der Waals surface area contributed by atoms with Crippen molar-refractivity contribution in [3.8, 4) is 0 Å². The predicted molar refractivity (Wildman–Crippen MR) is 55.5 cm³/mol. The average molecular weight is 226 g/mol. The molecule has 0 aliphatic carbocycles. The van der Waals surface area contributed by atoms with Gasteiger partial charge in [-0.3, -0.25) is 0 Å². The lowest BCUT2D eigenvalue weighted by Gasteiger charge is -2.17. The normalized spacial score (nSPS) is 17.3. The van der Waals surface area contributed by atoms with E-state index in [1.807, 2.05) is 4.90 Å². The maximum Gasteiger partial charge on any atom is 0.407 e. The molecule has 0 saturated carbocycles. The molecule has 1 N–H and O–H groups in total. The highest BCUT2D eigenvalue weighted by Gasteiger charge is 2.21. The molecule has 16 heavy (non-hydrogen) atoms. The Balaban J connectivity index is 2.01. The summed E-state index contributed by atoms with van der Waals surface area (Å²) in [7, 11) is 0. The molecule has 0 unspecified atom stereocenters. The molecule has 0 radical (unpaired) electrons. The van der Waals surface area contributed by atoms with E-state index in [0.717, 1.165) is 13.0 Å². The first kappa shape index (κ1) is 10.7. The number of hydrogen-bond acceptors (Lipinski definition) is 5. The van der Waals surface area contributed by atoms with E-state index >= 15 is 0 Å². The van der Waals surface area contributed by atoms with E-state index < -0.39 is 6.09 Å². The summed E-state index contributed by atoms with van der Waals surface area (Å²) in [5, 5.41) is 16.6. The molecule has 1 aliphatic heterocycles. The summed E-state index contributed by atoms with van der Waals surface area (Å²) in [4.78, 5) is 14.1. The highest BCUT2D eigenvalue weighted by Crippen LogP contribution is 2.14. The number of nitrogens with zero attached hydrogens (tertiary/aromatic N) is 4. The van der Waals surface area contributed by atoms with Crippen molar-refractivity contribution in [2.45, 2.75) is 13.3 Å². The van der Waals surface area contributed by atoms with Crippen LogP contribution in [0.1, 0.15) is 12.3 Å². The number of hydrogen-bond donors (Lipinski definition) is 1. The van der Waals surface area contributed by atoms with Gasteiger partial charge in [-0.1, -0.05) is 5.10 Å². The van der Waals surface area contributed by atoms with Crippen molar-refractivity contribution in [3.63, 3.8) is 0 Å². The molecule has 2 rings (SSSR count). The van der Waals surface area contributed by atoms with Gasteiger partial charge in [0.05, 0.1) is 0 Å². The van der Waals surface area contributed by atoms with Crippen LogP contribution in [0.15, 0.2) is 4.42 Å². The van der Waals surface area contributed by atoms with Gasteiger partial charge in [-0.25, -0.2) is 4.79 Å². The minimum atomic E-state index is -0.872. The summed E-state index contributed by atoms with van der Waals surface area (Å²) >= 11 is 0. The third-order valence-electron chi connectivity index (χ3n) is 2.55. The molecule has 88 valence electrons. The van der Waals surface area contributed by atoms with E-state index in [-0.39, 0.29) is 0 Å². The summed E-state index contributed by atoms with van der Waals surface area (Å²) in [6, 6.07) is 0.477. The number of carboxylic acid groups (broad SMARTS) is 1. The SMILES string of the molecule is Cc1nnc(N2CCCN(C(=O)O)CC2)o1. The van der Waals surface area contributed by atoms with E-state index in [1.54, 1.807) is 6.92 Å². The van der Waals surface area contributed by atoms with Crippen molar-refractivity contribution >= 4 is 12.1 Å². The van der Waals surface area contributed by atoms with Crippen molar-refractivity contribution in [1.82, 2.24) is 15.1 Å². The zero-order chi connectivity index (χ0) is 11.5. The number of anilines is 1. The van der Waals surface area contributed by atoms with Gasteiger partial charge in [-0.15, -0.1) is 5.10 Å². The first-order valence-corrected chi connectivity index (χ1v) is 5.20. The van der Waals surface area contributed by atoms with Crippen LogP contribution in [-0.4, -0.2) is 52.5 Å². The maximum absolute atomic E-state index is 10.8. The summed E-state index contributed by atoms with van der Waals surface area (Å²) < 4.78 is 5.31. The zero-order valence-electron chi connectivity index (χ0n) is 9.09. The van der Waals surface area contributed by atoms with Crippen LogP contribution in [0.3, 0.4) is 0 Å². The van der Waals surface area contributed by atoms with E-state index in [2.05, 4.69) is 10.2 Å². The highest BCUT2D eigenvalue weighted by molar-refractivity contribution is 5.65. The summed E-state index contributed by atoms with van der Waals surface area (Å²) in [6.45, 7) is 4.09. The molecule has 7 heteroatoms. The second-order valence-electron chi connectivity index (χ2n) is 3.71. The van der Waals surface area contributed by atoms with Crippen molar-refractivity contribution < 1.29 is 14.3 Å². The fourth-order valence-electron chi connectivity index (χ4n) is 1.71. The van der Waals surface area contributed by atoms with Crippen LogP contribution in [0.25, 0.3) is 0 Å². The number of rotatable bonds is 1. The van der Waals surface area contributed by atoms with Crippen molar-refractivity contribution in [2.24, 2.45) is 0 Å². The van der Waals surface area contributed by atoms with Gasteiger partial charge in [0, 0.05) is 33.1 Å². The molecule has 1 amide bonds. The third kappa shape index (κ3) is 2.23. The molecule has 1 aliphatic rings. The molecular weight excluding hydrogens is 212 g/mol. The molecule has 0 atom stereocenters. The zero-order valence-corrected chi connectivity index (χ0v) is 9.09. The topological polar surface area (TPSA) is 82.7 Å². The maximum atomic E-state index is 10.8. The van der Waals surface area contributed by atoms with Crippen molar-refractivity contribution in [2.75, 3.05) is 31.1 Å². The molecule has 1 aromatic rings.